The van der Waals surface area contributed by atoms with Crippen LogP contribution in [0.15, 0.2) is 0 Å². The fourth-order valence-corrected chi connectivity index (χ4v) is 2.78. The molecule has 0 aliphatic carbocycles. The van der Waals surface area contributed by atoms with Crippen molar-refractivity contribution in [2.45, 2.75) is 73.8 Å². The van der Waals surface area contributed by atoms with Gasteiger partial charge >= 0.3 is 0 Å². The average Bonchev–Trinajstić information content (AvgIpc) is 2.87. The molecule has 2 fully saturated rings. The molecule has 2 unspecified atom stereocenters. The minimum Gasteiger partial charge on any atom is -0.356 e. The number of rotatable bonds is 2. The van der Waals surface area contributed by atoms with E-state index in [0.29, 0.717) is 17.9 Å². The molecule has 2 amide bonds. The van der Waals surface area contributed by atoms with Crippen molar-refractivity contribution in [3.05, 3.63) is 0 Å². The molecule has 0 saturated carbocycles. The van der Waals surface area contributed by atoms with E-state index in [1.54, 1.807) is 0 Å². The van der Waals surface area contributed by atoms with Crippen LogP contribution in [0, 0.1) is 17.8 Å². The Kier molecular flexibility index (Phi) is 10.1. The standard InChI is InChI=1S/C10H19NO.C6H11NO.C2H6/c1-7(2)9-5-6-11(8(3)4)10(9)12;1-5-3-2-4-7-6(5)8;1-2/h7-9H,5-6H2,1-4H3;5H,2-4H2,1H3,(H,7,8);1-2H3. The minimum absolute atomic E-state index is 0.219. The van der Waals surface area contributed by atoms with Gasteiger partial charge in [0, 0.05) is 31.0 Å². The van der Waals surface area contributed by atoms with Gasteiger partial charge in [-0.1, -0.05) is 34.6 Å². The Bertz CT molecular complexity index is 322. The number of nitrogens with one attached hydrogen (secondary N) is 1. The summed E-state index contributed by atoms with van der Waals surface area (Å²) >= 11 is 0. The lowest BCUT2D eigenvalue weighted by Gasteiger charge is -2.21. The van der Waals surface area contributed by atoms with E-state index in [1.807, 2.05) is 25.7 Å². The van der Waals surface area contributed by atoms with Crippen LogP contribution in [-0.2, 0) is 9.59 Å². The van der Waals surface area contributed by atoms with Crippen molar-refractivity contribution in [1.29, 1.82) is 0 Å². The first-order chi connectivity index (χ1) is 10.3. The highest BCUT2D eigenvalue weighted by molar-refractivity contribution is 5.81. The summed E-state index contributed by atoms with van der Waals surface area (Å²) < 4.78 is 0. The maximum atomic E-state index is 11.7. The Labute approximate surface area is 137 Å². The van der Waals surface area contributed by atoms with Gasteiger partial charge in [0.05, 0.1) is 0 Å². The van der Waals surface area contributed by atoms with Gasteiger partial charge in [0.15, 0.2) is 0 Å². The molecule has 2 heterocycles. The van der Waals surface area contributed by atoms with E-state index in [0.717, 1.165) is 32.4 Å². The predicted molar refractivity (Wildman–Crippen MR) is 92.5 cm³/mol. The van der Waals surface area contributed by atoms with E-state index < -0.39 is 0 Å². The molecule has 22 heavy (non-hydrogen) atoms. The van der Waals surface area contributed by atoms with Crippen molar-refractivity contribution in [3.8, 4) is 0 Å². The van der Waals surface area contributed by atoms with Crippen molar-refractivity contribution in [2.75, 3.05) is 13.1 Å². The Morgan fingerprint density at radius 2 is 1.68 bits per heavy atom. The van der Waals surface area contributed by atoms with Crippen LogP contribution in [-0.4, -0.2) is 35.8 Å². The zero-order valence-corrected chi connectivity index (χ0v) is 15.6. The van der Waals surface area contributed by atoms with Gasteiger partial charge in [-0.25, -0.2) is 0 Å². The van der Waals surface area contributed by atoms with Crippen molar-refractivity contribution in [1.82, 2.24) is 10.2 Å². The molecule has 0 spiro atoms. The van der Waals surface area contributed by atoms with E-state index in [4.69, 9.17) is 0 Å². The zero-order valence-electron chi connectivity index (χ0n) is 15.6. The van der Waals surface area contributed by atoms with E-state index in [9.17, 15) is 9.59 Å². The SMILES string of the molecule is CC.CC(C)C1CCN(C(C)C)C1=O.CC1CCCNC1=O. The lowest BCUT2D eigenvalue weighted by atomic mass is 9.95. The first-order valence-corrected chi connectivity index (χ1v) is 8.92. The molecule has 0 radical (unpaired) electrons. The molecular weight excluding hydrogens is 276 g/mol. The maximum Gasteiger partial charge on any atom is 0.226 e. The largest absolute Gasteiger partial charge is 0.356 e. The highest BCUT2D eigenvalue weighted by Crippen LogP contribution is 2.26. The number of amides is 2. The van der Waals surface area contributed by atoms with Gasteiger partial charge in [-0.05, 0) is 39.0 Å². The summed E-state index contributed by atoms with van der Waals surface area (Å²) in [5, 5.41) is 2.79. The van der Waals surface area contributed by atoms with Crippen LogP contribution in [0.5, 0.6) is 0 Å². The van der Waals surface area contributed by atoms with Gasteiger partial charge in [0.2, 0.25) is 11.8 Å². The summed E-state index contributed by atoms with van der Waals surface area (Å²) in [7, 11) is 0. The number of carbonyl (C=O) groups excluding carboxylic acids is 2. The maximum absolute atomic E-state index is 11.7. The molecule has 2 rings (SSSR count). The van der Waals surface area contributed by atoms with Crippen LogP contribution in [0.1, 0.15) is 67.7 Å². The number of hydrogen-bond donors (Lipinski definition) is 1. The molecule has 2 aliphatic rings. The molecule has 4 nitrogen and oxygen atoms in total. The monoisotopic (exact) mass is 312 g/mol. The van der Waals surface area contributed by atoms with Crippen molar-refractivity contribution < 1.29 is 9.59 Å². The quantitative estimate of drug-likeness (QED) is 0.849. The highest BCUT2D eigenvalue weighted by Gasteiger charge is 2.34. The number of carbonyl (C=O) groups is 2. The molecule has 2 atom stereocenters. The Balaban J connectivity index is 0.000000382. The third kappa shape index (κ3) is 6.37. The van der Waals surface area contributed by atoms with Crippen LogP contribution in [0.3, 0.4) is 0 Å². The van der Waals surface area contributed by atoms with E-state index >= 15 is 0 Å². The number of piperidine rings is 1. The second-order valence-electron chi connectivity index (χ2n) is 6.60. The molecule has 0 aromatic rings. The minimum atomic E-state index is 0.219. The molecule has 130 valence electrons. The van der Waals surface area contributed by atoms with E-state index in [-0.39, 0.29) is 17.7 Å². The highest BCUT2D eigenvalue weighted by atomic mass is 16.2. The third-order valence-corrected chi connectivity index (χ3v) is 4.27. The van der Waals surface area contributed by atoms with Gasteiger partial charge in [0.25, 0.3) is 0 Å². The molecule has 2 saturated heterocycles. The third-order valence-electron chi connectivity index (χ3n) is 4.27. The molecule has 2 aliphatic heterocycles. The second-order valence-corrected chi connectivity index (χ2v) is 6.60. The number of hydrogen-bond acceptors (Lipinski definition) is 2. The predicted octanol–water partition coefficient (Wildman–Crippen LogP) is 3.46. The van der Waals surface area contributed by atoms with Gasteiger partial charge in [-0.2, -0.15) is 0 Å². The van der Waals surface area contributed by atoms with Crippen LogP contribution in [0.2, 0.25) is 0 Å². The van der Waals surface area contributed by atoms with Gasteiger partial charge in [0.1, 0.15) is 0 Å². The Morgan fingerprint density at radius 3 is 1.95 bits per heavy atom. The summed E-state index contributed by atoms with van der Waals surface area (Å²) in [5.74, 6) is 1.62. The average molecular weight is 312 g/mol. The van der Waals surface area contributed by atoms with Crippen LogP contribution >= 0.6 is 0 Å². The van der Waals surface area contributed by atoms with Gasteiger partial charge in [-0.3, -0.25) is 9.59 Å². The normalized spacial score (nSPS) is 24.5. The zero-order chi connectivity index (χ0) is 17.3. The van der Waals surface area contributed by atoms with E-state index in [2.05, 4.69) is 33.0 Å². The molecular formula is C18H36N2O2. The number of likely N-dealkylation sites (tertiary alicyclic amines) is 1. The van der Waals surface area contributed by atoms with Crippen LogP contribution < -0.4 is 5.32 Å². The topological polar surface area (TPSA) is 49.4 Å². The van der Waals surface area contributed by atoms with Crippen molar-refractivity contribution in [2.24, 2.45) is 17.8 Å². The molecule has 0 aromatic heterocycles. The lowest BCUT2D eigenvalue weighted by molar-refractivity contribution is -0.133. The summed E-state index contributed by atoms with van der Waals surface area (Å²) in [5.41, 5.74) is 0. The molecule has 0 bridgehead atoms. The molecule has 4 heteroatoms. The lowest BCUT2D eigenvalue weighted by Crippen LogP contribution is -2.34. The summed E-state index contributed by atoms with van der Waals surface area (Å²) in [6.07, 6.45) is 3.26. The van der Waals surface area contributed by atoms with Gasteiger partial charge < -0.3 is 10.2 Å². The Morgan fingerprint density at radius 1 is 1.09 bits per heavy atom. The van der Waals surface area contributed by atoms with Crippen molar-refractivity contribution in [3.63, 3.8) is 0 Å². The second kappa shape index (κ2) is 10.6. The summed E-state index contributed by atoms with van der Waals surface area (Å²) in [4.78, 5) is 24.4. The van der Waals surface area contributed by atoms with Gasteiger partial charge in [-0.15, -0.1) is 0 Å². The Hall–Kier alpha value is -1.06. The van der Waals surface area contributed by atoms with Crippen molar-refractivity contribution >= 4 is 11.8 Å². The fourth-order valence-electron chi connectivity index (χ4n) is 2.78. The number of nitrogens with zero attached hydrogens (tertiary/aromatic N) is 1. The van der Waals surface area contributed by atoms with Crippen LogP contribution in [0.4, 0.5) is 0 Å². The van der Waals surface area contributed by atoms with E-state index in [1.165, 1.54) is 0 Å². The van der Waals surface area contributed by atoms with Crippen LogP contribution in [0.25, 0.3) is 0 Å². The molecule has 1 N–H and O–H groups in total. The summed E-state index contributed by atoms with van der Waals surface area (Å²) in [6, 6.07) is 0.376. The fraction of sp³-hybridized carbons (Fsp3) is 0.889. The smallest absolute Gasteiger partial charge is 0.226 e. The first-order valence-electron chi connectivity index (χ1n) is 8.92. The first kappa shape index (κ1) is 20.9. The summed E-state index contributed by atoms with van der Waals surface area (Å²) in [6.45, 7) is 16.2. The molecule has 0 aromatic carbocycles.